The quantitative estimate of drug-likeness (QED) is 0.211. The van der Waals surface area contributed by atoms with Crippen LogP contribution in [0.5, 0.6) is 0 Å². The van der Waals surface area contributed by atoms with Crippen LogP contribution in [-0.2, 0) is 5.41 Å². The maximum Gasteiger partial charge on any atom is 0.0840 e. The molecule has 0 unspecified atom stereocenters. The molecule has 0 saturated carbocycles. The van der Waals surface area contributed by atoms with Gasteiger partial charge < -0.3 is 4.57 Å². The summed E-state index contributed by atoms with van der Waals surface area (Å²) in [5, 5.41) is 2.22. The fourth-order valence-corrected chi connectivity index (χ4v) is 7.95. The van der Waals surface area contributed by atoms with Gasteiger partial charge in [-0.05, 0) is 57.1 Å². The molecule has 0 amide bonds. The van der Waals surface area contributed by atoms with Crippen LogP contribution in [0.25, 0.3) is 61.0 Å². The lowest BCUT2D eigenvalue weighted by molar-refractivity contribution is 0.793. The van der Waals surface area contributed by atoms with Gasteiger partial charge in [0.1, 0.15) is 0 Å². The number of benzene rings is 5. The summed E-state index contributed by atoms with van der Waals surface area (Å²) in [6, 6.07) is 44.3. The Morgan fingerprint density at radius 1 is 0.524 bits per heavy atom. The Morgan fingerprint density at radius 2 is 1.17 bits per heavy atom. The topological polar surface area (TPSA) is 30.7 Å². The standard InChI is InChI=1S/C39H23N3/c1-5-14-30-24(10-1)25-11-2-6-15-31(25)39(30)32-16-7-3-13-27(32)37-33(39)17-9-19-36(37)42-23-29-26-12-4-8-18-34(26)41-38(29)28-22-40-21-20-35(28)42/h1-23H. The third-order valence-electron chi connectivity index (χ3n) is 9.51. The molecular formula is C39H23N3. The lowest BCUT2D eigenvalue weighted by atomic mass is 9.70. The van der Waals surface area contributed by atoms with Gasteiger partial charge in [-0.25, -0.2) is 4.98 Å². The van der Waals surface area contributed by atoms with Crippen molar-refractivity contribution in [2.45, 2.75) is 5.41 Å². The Kier molecular flexibility index (Phi) is 4.12. The second kappa shape index (κ2) is 7.80. The smallest absolute Gasteiger partial charge is 0.0840 e. The van der Waals surface area contributed by atoms with Crippen molar-refractivity contribution in [2.75, 3.05) is 0 Å². The lowest BCUT2D eigenvalue weighted by Gasteiger charge is -2.30. The van der Waals surface area contributed by atoms with E-state index in [0.717, 1.165) is 33.1 Å². The van der Waals surface area contributed by atoms with E-state index in [0.29, 0.717) is 0 Å². The van der Waals surface area contributed by atoms with Crippen molar-refractivity contribution < 1.29 is 0 Å². The molecule has 1 aromatic heterocycles. The summed E-state index contributed by atoms with van der Waals surface area (Å²) in [6.45, 7) is 0. The van der Waals surface area contributed by atoms with E-state index in [-0.39, 0.29) is 5.41 Å². The Hall–Kier alpha value is -5.54. The van der Waals surface area contributed by atoms with Crippen LogP contribution in [0.15, 0.2) is 140 Å². The first-order valence-corrected chi connectivity index (χ1v) is 14.4. The number of para-hydroxylation sites is 1. The van der Waals surface area contributed by atoms with Crippen LogP contribution in [-0.4, -0.2) is 14.5 Å². The molecule has 3 nitrogen and oxygen atoms in total. The molecule has 0 saturated heterocycles. The number of hydrogen-bond donors (Lipinski definition) is 0. The number of rotatable bonds is 1. The van der Waals surface area contributed by atoms with E-state index in [1.165, 1.54) is 50.2 Å². The number of nitrogens with zero attached hydrogens (tertiary/aromatic N) is 3. The number of hydrogen-bond acceptors (Lipinski definition) is 2. The van der Waals surface area contributed by atoms with E-state index in [2.05, 4.69) is 137 Å². The first-order valence-electron chi connectivity index (χ1n) is 14.4. The van der Waals surface area contributed by atoms with Crippen LogP contribution in [0.3, 0.4) is 0 Å². The molecule has 0 bridgehead atoms. The molecule has 0 atom stereocenters. The van der Waals surface area contributed by atoms with Gasteiger partial charge in [0.15, 0.2) is 0 Å². The zero-order chi connectivity index (χ0) is 27.4. The summed E-state index contributed by atoms with van der Waals surface area (Å²) in [6.07, 6.45) is 6.13. The second-order valence-corrected chi connectivity index (χ2v) is 11.4. The van der Waals surface area contributed by atoms with Crippen molar-refractivity contribution in [1.82, 2.24) is 14.5 Å². The molecule has 3 heterocycles. The van der Waals surface area contributed by atoms with E-state index < -0.39 is 0 Å². The zero-order valence-electron chi connectivity index (χ0n) is 22.6. The largest absolute Gasteiger partial charge is 0.315 e. The maximum atomic E-state index is 5.04. The Bertz CT molecular complexity index is 2330. The normalized spacial score (nSPS) is 13.9. The van der Waals surface area contributed by atoms with Gasteiger partial charge in [-0.2, -0.15) is 0 Å². The minimum atomic E-state index is -0.369. The SMILES string of the molecule is c1ccc2c(c1)-c1ccccc1C21c2ccccc2-c2c(-n3cc4c5ccccc5nc-4c4cnccc43)cccc21. The van der Waals surface area contributed by atoms with Crippen molar-refractivity contribution >= 4 is 21.8 Å². The zero-order valence-corrected chi connectivity index (χ0v) is 22.6. The first-order chi connectivity index (χ1) is 20.9. The van der Waals surface area contributed by atoms with E-state index in [4.69, 9.17) is 4.98 Å². The molecule has 6 aromatic rings. The molecule has 0 N–H and O–H groups in total. The predicted octanol–water partition coefficient (Wildman–Crippen LogP) is 9.02. The molecule has 2 aliphatic heterocycles. The molecule has 3 heteroatoms. The predicted molar refractivity (Wildman–Crippen MR) is 169 cm³/mol. The Balaban J connectivity index is 1.37. The summed E-state index contributed by atoms with van der Waals surface area (Å²) < 4.78 is 2.37. The minimum absolute atomic E-state index is 0.369. The summed E-state index contributed by atoms with van der Waals surface area (Å²) in [4.78, 5) is 9.57. The molecule has 1 spiro atoms. The molecular weight excluding hydrogens is 510 g/mol. The molecule has 0 fully saturated rings. The van der Waals surface area contributed by atoms with Gasteiger partial charge in [0.2, 0.25) is 0 Å². The van der Waals surface area contributed by atoms with Gasteiger partial charge >= 0.3 is 0 Å². The van der Waals surface area contributed by atoms with E-state index in [1.54, 1.807) is 0 Å². The van der Waals surface area contributed by atoms with Gasteiger partial charge in [-0.3, -0.25) is 4.98 Å². The van der Waals surface area contributed by atoms with Crippen molar-refractivity contribution in [3.8, 4) is 39.2 Å². The number of pyridine rings is 2. The van der Waals surface area contributed by atoms with Crippen LogP contribution in [0.4, 0.5) is 0 Å². The molecule has 10 rings (SSSR count). The van der Waals surface area contributed by atoms with Gasteiger partial charge in [0.05, 0.1) is 27.8 Å². The lowest BCUT2D eigenvalue weighted by Crippen LogP contribution is -2.25. The summed E-state index contributed by atoms with van der Waals surface area (Å²) in [5.74, 6) is 0. The third kappa shape index (κ3) is 2.53. The molecule has 194 valence electrons. The average Bonchev–Trinajstić information content (AvgIpc) is 3.69. The number of aromatic nitrogens is 3. The van der Waals surface area contributed by atoms with Gasteiger partial charge in [0, 0.05) is 40.5 Å². The maximum absolute atomic E-state index is 5.04. The Labute approximate surface area is 242 Å². The molecule has 2 aliphatic carbocycles. The van der Waals surface area contributed by atoms with Gasteiger partial charge in [-0.1, -0.05) is 103 Å². The van der Waals surface area contributed by atoms with Gasteiger partial charge in [0.25, 0.3) is 0 Å². The molecule has 0 radical (unpaired) electrons. The van der Waals surface area contributed by atoms with Gasteiger partial charge in [-0.15, -0.1) is 0 Å². The highest BCUT2D eigenvalue weighted by atomic mass is 15.0. The monoisotopic (exact) mass is 533 g/mol. The molecule has 42 heavy (non-hydrogen) atoms. The van der Waals surface area contributed by atoms with Crippen LogP contribution in [0.1, 0.15) is 22.3 Å². The highest BCUT2D eigenvalue weighted by Crippen LogP contribution is 2.63. The molecule has 4 aliphatic rings. The van der Waals surface area contributed by atoms with Crippen LogP contribution in [0, 0.1) is 0 Å². The fourth-order valence-electron chi connectivity index (χ4n) is 7.95. The van der Waals surface area contributed by atoms with Crippen molar-refractivity contribution in [1.29, 1.82) is 0 Å². The van der Waals surface area contributed by atoms with E-state index in [9.17, 15) is 0 Å². The summed E-state index contributed by atoms with van der Waals surface area (Å²) in [5.41, 5.74) is 15.6. The second-order valence-electron chi connectivity index (χ2n) is 11.4. The first kappa shape index (κ1) is 22.2. The van der Waals surface area contributed by atoms with Crippen molar-refractivity contribution in [3.05, 3.63) is 162 Å². The fraction of sp³-hybridized carbons (Fsp3) is 0.0256. The third-order valence-corrected chi connectivity index (χ3v) is 9.51. The van der Waals surface area contributed by atoms with Crippen LogP contribution < -0.4 is 0 Å². The molecule has 5 aromatic carbocycles. The highest BCUT2D eigenvalue weighted by molar-refractivity contribution is 6.07. The number of fused-ring (bicyclic) bond motifs is 15. The van der Waals surface area contributed by atoms with Crippen molar-refractivity contribution in [2.24, 2.45) is 0 Å². The van der Waals surface area contributed by atoms with E-state index >= 15 is 0 Å². The van der Waals surface area contributed by atoms with Crippen LogP contribution in [0.2, 0.25) is 0 Å². The van der Waals surface area contributed by atoms with E-state index in [1.807, 2.05) is 12.4 Å². The Morgan fingerprint density at radius 3 is 1.95 bits per heavy atom. The average molecular weight is 534 g/mol. The summed E-state index contributed by atoms with van der Waals surface area (Å²) >= 11 is 0. The van der Waals surface area contributed by atoms with Crippen molar-refractivity contribution in [3.63, 3.8) is 0 Å². The minimum Gasteiger partial charge on any atom is -0.315 e. The van der Waals surface area contributed by atoms with Crippen LogP contribution >= 0.6 is 0 Å². The summed E-state index contributed by atoms with van der Waals surface area (Å²) in [7, 11) is 0. The highest BCUT2D eigenvalue weighted by Gasteiger charge is 2.52.